The highest BCUT2D eigenvalue weighted by atomic mass is 32.1. The van der Waals surface area contributed by atoms with Crippen LogP contribution < -0.4 is 10.1 Å². The smallest absolute Gasteiger partial charge is 0.270 e. The van der Waals surface area contributed by atoms with Gasteiger partial charge in [0.25, 0.3) is 11.8 Å². The van der Waals surface area contributed by atoms with Crippen molar-refractivity contribution in [2.75, 3.05) is 0 Å². The van der Waals surface area contributed by atoms with Crippen LogP contribution in [-0.2, 0) is 11.8 Å². The minimum Gasteiger partial charge on any atom is -0.340 e. The molecule has 0 aliphatic heterocycles. The molecule has 7 heteroatoms. The Balaban J connectivity index is 2.05. The summed E-state index contributed by atoms with van der Waals surface area (Å²) in [7, 11) is 1.82. The molecule has 0 fully saturated rings. The van der Waals surface area contributed by atoms with Gasteiger partial charge in [0.1, 0.15) is 6.04 Å². The van der Waals surface area contributed by atoms with Crippen LogP contribution in [0, 0.1) is 0 Å². The molecule has 0 aliphatic rings. The molecule has 2 amide bonds. The third-order valence-corrected chi connectivity index (χ3v) is 4.14. The number of hydrogen-bond acceptors (Lipinski definition) is 4. The average molecular weight is 295 g/mol. The lowest BCUT2D eigenvalue weighted by Gasteiger charge is -2.08. The number of thiophene rings is 1. The molecule has 0 radical (unpaired) electrons. The quantitative estimate of drug-likeness (QED) is 0.930. The van der Waals surface area contributed by atoms with E-state index >= 15 is 0 Å². The van der Waals surface area contributed by atoms with Crippen LogP contribution in [0.5, 0.6) is 0 Å². The van der Waals surface area contributed by atoms with E-state index in [4.69, 9.17) is 0 Å². The van der Waals surface area contributed by atoms with Crippen molar-refractivity contribution in [2.24, 2.45) is 12.0 Å². The molecule has 0 aliphatic carbocycles. The molecule has 2 rings (SSSR count). The molecule has 0 saturated heterocycles. The Morgan fingerprint density at radius 3 is 2.74 bits per heavy atom. The molecular formula is C12H13N3O2S2. The normalized spacial score (nSPS) is 13.3. The van der Waals surface area contributed by atoms with Crippen LogP contribution >= 0.6 is 22.7 Å². The van der Waals surface area contributed by atoms with Crippen LogP contribution in [0.25, 0.3) is 0 Å². The van der Waals surface area contributed by atoms with Crippen molar-refractivity contribution in [2.45, 2.75) is 13.0 Å². The Labute approximate surface area is 118 Å². The first-order valence-corrected chi connectivity index (χ1v) is 7.37. The number of rotatable bonds is 3. The molecule has 0 saturated carbocycles. The highest BCUT2D eigenvalue weighted by molar-refractivity contribution is 7.12. The predicted octanol–water partition coefficient (Wildman–Crippen LogP) is 1.39. The number of nitrogens with one attached hydrogen (secondary N) is 1. The zero-order valence-corrected chi connectivity index (χ0v) is 12.1. The zero-order chi connectivity index (χ0) is 13.8. The van der Waals surface area contributed by atoms with E-state index < -0.39 is 6.04 Å². The minimum absolute atomic E-state index is 0.249. The fraction of sp³-hybridized carbons (Fsp3) is 0.250. The number of aryl methyl sites for hydroxylation is 1. The van der Waals surface area contributed by atoms with Crippen LogP contribution in [0.1, 0.15) is 16.6 Å². The number of aromatic nitrogens is 1. The van der Waals surface area contributed by atoms with Crippen LogP contribution in [0.4, 0.5) is 0 Å². The highest BCUT2D eigenvalue weighted by Crippen LogP contribution is 2.08. The summed E-state index contributed by atoms with van der Waals surface area (Å²) in [6, 6.07) is 2.87. The molecule has 1 atom stereocenters. The molecule has 2 aromatic heterocycles. The zero-order valence-electron chi connectivity index (χ0n) is 10.5. The van der Waals surface area contributed by atoms with Crippen LogP contribution in [0.3, 0.4) is 0 Å². The molecule has 19 heavy (non-hydrogen) atoms. The minimum atomic E-state index is -0.642. The maximum Gasteiger partial charge on any atom is 0.270 e. The first-order valence-electron chi connectivity index (χ1n) is 5.61. The van der Waals surface area contributed by atoms with Gasteiger partial charge in [-0.25, -0.2) is 0 Å². The maximum atomic E-state index is 11.9. The van der Waals surface area contributed by atoms with Gasteiger partial charge in [-0.1, -0.05) is 6.07 Å². The third-order valence-electron chi connectivity index (χ3n) is 2.43. The maximum absolute atomic E-state index is 11.9. The van der Waals surface area contributed by atoms with Crippen molar-refractivity contribution in [1.82, 2.24) is 9.88 Å². The summed E-state index contributed by atoms with van der Waals surface area (Å²) in [5, 5.41) is 6.30. The van der Waals surface area contributed by atoms with Gasteiger partial charge < -0.3 is 9.88 Å². The van der Waals surface area contributed by atoms with Gasteiger partial charge in [-0.15, -0.1) is 22.7 Å². The molecule has 1 N–H and O–H groups in total. The highest BCUT2D eigenvalue weighted by Gasteiger charge is 2.16. The summed E-state index contributed by atoms with van der Waals surface area (Å²) in [6.07, 6.45) is 1.83. The van der Waals surface area contributed by atoms with E-state index in [0.717, 1.165) is 0 Å². The molecule has 100 valence electrons. The summed E-state index contributed by atoms with van der Waals surface area (Å²) in [5.74, 6) is -0.607. The first-order chi connectivity index (χ1) is 9.08. The second kappa shape index (κ2) is 5.94. The lowest BCUT2D eigenvalue weighted by molar-refractivity contribution is -0.119. The van der Waals surface area contributed by atoms with E-state index in [9.17, 15) is 9.59 Å². The van der Waals surface area contributed by atoms with Gasteiger partial charge in [-0.05, 0) is 18.4 Å². The number of carbonyl (C=O) groups is 2. The van der Waals surface area contributed by atoms with Crippen molar-refractivity contribution >= 4 is 34.5 Å². The fourth-order valence-corrected chi connectivity index (χ4v) is 2.72. The molecule has 1 unspecified atom stereocenters. The van der Waals surface area contributed by atoms with Crippen molar-refractivity contribution in [1.29, 1.82) is 0 Å². The van der Waals surface area contributed by atoms with Gasteiger partial charge in [0.2, 0.25) is 0 Å². The Bertz CT molecular complexity index is 640. The number of hydrogen-bond donors (Lipinski definition) is 1. The van der Waals surface area contributed by atoms with Crippen molar-refractivity contribution in [3.05, 3.63) is 38.8 Å². The summed E-state index contributed by atoms with van der Waals surface area (Å²) in [6.45, 7) is 1.63. The van der Waals surface area contributed by atoms with Gasteiger partial charge >= 0.3 is 0 Å². The monoisotopic (exact) mass is 295 g/mol. The van der Waals surface area contributed by atoms with Gasteiger partial charge in [-0.2, -0.15) is 4.99 Å². The summed E-state index contributed by atoms with van der Waals surface area (Å²) < 4.78 is 1.76. The fourth-order valence-electron chi connectivity index (χ4n) is 1.36. The van der Waals surface area contributed by atoms with E-state index in [1.807, 2.05) is 24.0 Å². The molecule has 0 bridgehead atoms. The molecular weight excluding hydrogens is 282 g/mol. The largest absolute Gasteiger partial charge is 0.340 e. The standard InChI is InChI=1S/C12H13N3O2S2/c1-8(13-11(17)9-4-3-6-18-9)10(16)14-12-15(2)5-7-19-12/h3-8H,1-2H3,(H,13,17). The topological polar surface area (TPSA) is 63.5 Å². The molecule has 2 heterocycles. The molecule has 2 aromatic rings. The summed E-state index contributed by atoms with van der Waals surface area (Å²) >= 11 is 2.71. The lowest BCUT2D eigenvalue weighted by atomic mass is 10.3. The summed E-state index contributed by atoms with van der Waals surface area (Å²) in [4.78, 5) is 28.9. The molecule has 5 nitrogen and oxygen atoms in total. The van der Waals surface area contributed by atoms with Gasteiger partial charge in [0.05, 0.1) is 4.88 Å². The first kappa shape index (κ1) is 13.7. The average Bonchev–Trinajstić information content (AvgIpc) is 3.01. The second-order valence-corrected chi connectivity index (χ2v) is 5.74. The second-order valence-electron chi connectivity index (χ2n) is 3.92. The SMILES string of the molecule is CC(NC(=O)c1cccs1)C(=O)N=c1sccn1C. The van der Waals surface area contributed by atoms with E-state index in [2.05, 4.69) is 10.3 Å². The Hall–Kier alpha value is -1.73. The number of carbonyl (C=O) groups excluding carboxylic acids is 2. The van der Waals surface area contributed by atoms with Crippen LogP contribution in [0.15, 0.2) is 34.1 Å². The van der Waals surface area contributed by atoms with E-state index in [1.54, 1.807) is 23.6 Å². The lowest BCUT2D eigenvalue weighted by Crippen LogP contribution is -2.38. The Morgan fingerprint density at radius 2 is 2.16 bits per heavy atom. The van der Waals surface area contributed by atoms with E-state index in [0.29, 0.717) is 9.68 Å². The van der Waals surface area contributed by atoms with Crippen LogP contribution in [0.2, 0.25) is 0 Å². The number of amides is 2. The van der Waals surface area contributed by atoms with Gasteiger partial charge in [0, 0.05) is 18.6 Å². The van der Waals surface area contributed by atoms with Gasteiger partial charge in [0.15, 0.2) is 4.80 Å². The van der Waals surface area contributed by atoms with E-state index in [1.165, 1.54) is 22.7 Å². The van der Waals surface area contributed by atoms with Crippen molar-refractivity contribution in [3.63, 3.8) is 0 Å². The van der Waals surface area contributed by atoms with Gasteiger partial charge in [-0.3, -0.25) is 9.59 Å². The Kier molecular flexibility index (Phi) is 4.28. The number of nitrogens with zero attached hydrogens (tertiary/aromatic N) is 2. The molecule has 0 aromatic carbocycles. The van der Waals surface area contributed by atoms with E-state index in [-0.39, 0.29) is 11.8 Å². The van der Waals surface area contributed by atoms with Crippen LogP contribution in [-0.4, -0.2) is 22.4 Å². The summed E-state index contributed by atoms with van der Waals surface area (Å²) in [5.41, 5.74) is 0. The third kappa shape index (κ3) is 3.39. The molecule has 0 spiro atoms. The van der Waals surface area contributed by atoms with Crippen molar-refractivity contribution < 1.29 is 9.59 Å². The Morgan fingerprint density at radius 1 is 1.37 bits per heavy atom. The number of thiazole rings is 1. The van der Waals surface area contributed by atoms with Crippen molar-refractivity contribution in [3.8, 4) is 0 Å². The predicted molar refractivity (Wildman–Crippen MR) is 75.1 cm³/mol.